The fraction of sp³-hybridized carbons (Fsp3) is 0.545. The molecule has 2 aliphatic carbocycles. The Morgan fingerprint density at radius 3 is 2.57 bits per heavy atom. The summed E-state index contributed by atoms with van der Waals surface area (Å²) in [5.41, 5.74) is 0.853. The highest BCUT2D eigenvalue weighted by atomic mass is 16.2. The number of fused-ring (bicyclic) bond motifs is 2. The average Bonchev–Trinajstić information content (AvgIpc) is 3.50. The normalized spacial score (nSPS) is 26.1. The monoisotopic (exact) mass is 410 g/mol. The molecule has 1 aromatic carbocycles. The number of aryl methyl sites for hydroxylation is 1. The van der Waals surface area contributed by atoms with Crippen LogP contribution in [0.3, 0.4) is 0 Å². The Kier molecular flexibility index (Phi) is 4.52. The minimum absolute atomic E-state index is 0.0392. The van der Waals surface area contributed by atoms with Crippen molar-refractivity contribution in [2.45, 2.75) is 50.1 Å². The number of piperidine rings is 1. The second-order valence-electron chi connectivity index (χ2n) is 8.83. The first-order chi connectivity index (χ1) is 14.5. The Hall–Kier alpha value is -2.90. The van der Waals surface area contributed by atoms with Crippen LogP contribution in [-0.2, 0) is 26.3 Å². The Morgan fingerprint density at radius 2 is 1.83 bits per heavy atom. The van der Waals surface area contributed by atoms with Crippen molar-refractivity contribution in [1.29, 1.82) is 0 Å². The maximum Gasteiger partial charge on any atom is 0.325 e. The molecule has 1 aromatic rings. The maximum atomic E-state index is 13.1. The van der Waals surface area contributed by atoms with Crippen molar-refractivity contribution < 1.29 is 19.2 Å². The zero-order valence-corrected chi connectivity index (χ0v) is 16.9. The minimum Gasteiger partial charge on any atom is -0.352 e. The third kappa shape index (κ3) is 3.14. The average molecular weight is 410 g/mol. The van der Waals surface area contributed by atoms with Gasteiger partial charge in [-0.15, -0.1) is 0 Å². The van der Waals surface area contributed by atoms with Crippen molar-refractivity contribution >= 4 is 23.8 Å². The third-order valence-corrected chi connectivity index (χ3v) is 6.82. The molecule has 0 radical (unpaired) electrons. The molecule has 3 fully saturated rings. The summed E-state index contributed by atoms with van der Waals surface area (Å²) < 4.78 is 0. The molecule has 30 heavy (non-hydrogen) atoms. The lowest BCUT2D eigenvalue weighted by molar-refractivity contribution is -0.136. The summed E-state index contributed by atoms with van der Waals surface area (Å²) in [5, 5.41) is 5.78. The highest BCUT2D eigenvalue weighted by molar-refractivity contribution is 6.09. The lowest BCUT2D eigenvalue weighted by atomic mass is 9.92. The van der Waals surface area contributed by atoms with Crippen LogP contribution in [0.1, 0.15) is 43.2 Å². The van der Waals surface area contributed by atoms with E-state index in [1.165, 1.54) is 0 Å². The van der Waals surface area contributed by atoms with Gasteiger partial charge < -0.3 is 15.5 Å². The predicted molar refractivity (Wildman–Crippen MR) is 107 cm³/mol. The summed E-state index contributed by atoms with van der Waals surface area (Å²) >= 11 is 0. The van der Waals surface area contributed by atoms with E-state index >= 15 is 0 Å². The zero-order chi connectivity index (χ0) is 20.9. The standard InChI is InChI=1S/C22H26N4O4/c27-18(23-16-8-11-25(12-9-16)19(28)15-5-6-15)13-26-20(29)22(24-21(26)30)10-7-14-3-1-2-4-17(14)22/h1-4,15-16H,5-13H2,(H,23,27)(H,24,30). The summed E-state index contributed by atoms with van der Waals surface area (Å²) in [4.78, 5) is 53.3. The topological polar surface area (TPSA) is 98.8 Å². The fourth-order valence-corrected chi connectivity index (χ4v) is 4.98. The molecule has 5 amide bonds. The summed E-state index contributed by atoms with van der Waals surface area (Å²) in [6, 6.07) is 7.08. The molecule has 1 unspecified atom stereocenters. The molecule has 2 heterocycles. The molecule has 8 heteroatoms. The van der Waals surface area contributed by atoms with Gasteiger partial charge >= 0.3 is 6.03 Å². The number of carbonyl (C=O) groups is 4. The number of likely N-dealkylation sites (tertiary alicyclic amines) is 1. The van der Waals surface area contributed by atoms with Gasteiger partial charge in [0.25, 0.3) is 5.91 Å². The molecule has 5 rings (SSSR count). The first-order valence-corrected chi connectivity index (χ1v) is 10.8. The van der Waals surface area contributed by atoms with Crippen molar-refractivity contribution in [2.75, 3.05) is 19.6 Å². The van der Waals surface area contributed by atoms with Crippen LogP contribution >= 0.6 is 0 Å². The Labute approximate surface area is 175 Å². The molecule has 1 atom stereocenters. The Morgan fingerprint density at radius 1 is 1.10 bits per heavy atom. The number of rotatable bonds is 4. The Bertz CT molecular complexity index is 919. The van der Waals surface area contributed by atoms with Gasteiger partial charge in [0.05, 0.1) is 0 Å². The number of nitrogens with one attached hydrogen (secondary N) is 2. The van der Waals surface area contributed by atoms with Crippen molar-refractivity contribution in [3.63, 3.8) is 0 Å². The van der Waals surface area contributed by atoms with Gasteiger partial charge in [0.1, 0.15) is 12.1 Å². The molecule has 1 saturated carbocycles. The third-order valence-electron chi connectivity index (χ3n) is 6.82. The molecule has 158 valence electrons. The lowest BCUT2D eigenvalue weighted by Gasteiger charge is -2.32. The van der Waals surface area contributed by atoms with E-state index in [-0.39, 0.29) is 36.2 Å². The molecular formula is C22H26N4O4. The molecule has 4 aliphatic rings. The Balaban J connectivity index is 1.18. The molecule has 2 saturated heterocycles. The molecule has 2 N–H and O–H groups in total. The van der Waals surface area contributed by atoms with Gasteiger partial charge in [0.2, 0.25) is 11.8 Å². The SMILES string of the molecule is O=C(CN1C(=O)NC2(CCc3ccccc32)C1=O)NC1CCN(C(=O)C2CC2)CC1. The molecule has 1 spiro atoms. The second-order valence-corrected chi connectivity index (χ2v) is 8.83. The van der Waals surface area contributed by atoms with Crippen LogP contribution in [0.2, 0.25) is 0 Å². The minimum atomic E-state index is -1.04. The summed E-state index contributed by atoms with van der Waals surface area (Å²) in [6.07, 6.45) is 4.62. The van der Waals surface area contributed by atoms with Gasteiger partial charge in [-0.05, 0) is 49.7 Å². The van der Waals surface area contributed by atoms with Crippen LogP contribution in [0.4, 0.5) is 4.79 Å². The highest BCUT2D eigenvalue weighted by Gasteiger charge is 2.55. The van der Waals surface area contributed by atoms with Gasteiger partial charge in [-0.1, -0.05) is 24.3 Å². The number of amides is 5. The highest BCUT2D eigenvalue weighted by Crippen LogP contribution is 2.41. The first kappa shape index (κ1) is 19.1. The van der Waals surface area contributed by atoms with Crippen LogP contribution in [-0.4, -0.2) is 59.2 Å². The van der Waals surface area contributed by atoms with Gasteiger partial charge in [0, 0.05) is 25.0 Å². The van der Waals surface area contributed by atoms with E-state index in [0.29, 0.717) is 32.4 Å². The summed E-state index contributed by atoms with van der Waals surface area (Å²) in [6.45, 7) is 1.00. The van der Waals surface area contributed by atoms with Crippen LogP contribution in [0, 0.1) is 5.92 Å². The van der Waals surface area contributed by atoms with Crippen LogP contribution < -0.4 is 10.6 Å². The number of hydrogen-bond donors (Lipinski definition) is 2. The smallest absolute Gasteiger partial charge is 0.325 e. The van der Waals surface area contributed by atoms with E-state index in [9.17, 15) is 19.2 Å². The van der Waals surface area contributed by atoms with Crippen molar-refractivity contribution in [2.24, 2.45) is 5.92 Å². The fourth-order valence-electron chi connectivity index (χ4n) is 4.98. The maximum absolute atomic E-state index is 13.1. The van der Waals surface area contributed by atoms with E-state index < -0.39 is 11.6 Å². The molecule has 0 aromatic heterocycles. The number of benzene rings is 1. The van der Waals surface area contributed by atoms with E-state index in [2.05, 4.69) is 10.6 Å². The van der Waals surface area contributed by atoms with Crippen molar-refractivity contribution in [1.82, 2.24) is 20.4 Å². The van der Waals surface area contributed by atoms with Crippen molar-refractivity contribution in [3.05, 3.63) is 35.4 Å². The second kappa shape index (κ2) is 7.11. The molecular weight excluding hydrogens is 384 g/mol. The largest absolute Gasteiger partial charge is 0.352 e. The first-order valence-electron chi connectivity index (χ1n) is 10.8. The van der Waals surface area contributed by atoms with E-state index in [1.807, 2.05) is 29.2 Å². The summed E-state index contributed by atoms with van der Waals surface area (Å²) in [7, 11) is 0. The van der Waals surface area contributed by atoms with E-state index in [1.54, 1.807) is 0 Å². The zero-order valence-electron chi connectivity index (χ0n) is 16.9. The van der Waals surface area contributed by atoms with Gasteiger partial charge in [0.15, 0.2) is 0 Å². The molecule has 0 bridgehead atoms. The number of imide groups is 1. The lowest BCUT2D eigenvalue weighted by Crippen LogP contribution is -2.50. The van der Waals surface area contributed by atoms with Gasteiger partial charge in [-0.25, -0.2) is 4.79 Å². The van der Waals surface area contributed by atoms with Crippen LogP contribution in [0.15, 0.2) is 24.3 Å². The van der Waals surface area contributed by atoms with E-state index in [4.69, 9.17) is 0 Å². The quantitative estimate of drug-likeness (QED) is 0.721. The number of urea groups is 1. The predicted octanol–water partition coefficient (Wildman–Crippen LogP) is 0.897. The van der Waals surface area contributed by atoms with Crippen LogP contribution in [0.5, 0.6) is 0 Å². The molecule has 8 nitrogen and oxygen atoms in total. The summed E-state index contributed by atoms with van der Waals surface area (Å²) in [5.74, 6) is -0.239. The van der Waals surface area contributed by atoms with Gasteiger partial charge in [-0.2, -0.15) is 0 Å². The molecule has 2 aliphatic heterocycles. The number of carbonyl (C=O) groups excluding carboxylic acids is 4. The number of nitrogens with zero attached hydrogens (tertiary/aromatic N) is 2. The van der Waals surface area contributed by atoms with Crippen LogP contribution in [0.25, 0.3) is 0 Å². The van der Waals surface area contributed by atoms with E-state index in [0.717, 1.165) is 35.3 Å². The number of hydrogen-bond acceptors (Lipinski definition) is 4. The van der Waals surface area contributed by atoms with Gasteiger partial charge in [-0.3, -0.25) is 19.3 Å². The van der Waals surface area contributed by atoms with Crippen molar-refractivity contribution in [3.8, 4) is 0 Å².